The molecule has 5 aromatic rings. The van der Waals surface area contributed by atoms with Gasteiger partial charge in [0.2, 0.25) is 0 Å². The predicted molar refractivity (Wildman–Crippen MR) is 151 cm³/mol. The van der Waals surface area contributed by atoms with Gasteiger partial charge in [0.15, 0.2) is 5.78 Å². The Morgan fingerprint density at radius 2 is 1.77 bits per heavy atom. The summed E-state index contributed by atoms with van der Waals surface area (Å²) in [5.74, 6) is 6.69. The van der Waals surface area contributed by atoms with Crippen LogP contribution >= 0.6 is 11.6 Å². The van der Waals surface area contributed by atoms with Crippen molar-refractivity contribution in [3.8, 4) is 17.5 Å². The molecule has 2 aromatic carbocycles. The number of fused-ring (bicyclic) bond motifs is 1. The topological polar surface area (TPSA) is 129 Å². The van der Waals surface area contributed by atoms with Crippen molar-refractivity contribution in [2.45, 2.75) is 19.9 Å². The van der Waals surface area contributed by atoms with Gasteiger partial charge in [-0.05, 0) is 49.2 Å². The number of ketones is 1. The van der Waals surface area contributed by atoms with Gasteiger partial charge in [-0.2, -0.15) is 0 Å². The van der Waals surface area contributed by atoms with Gasteiger partial charge in [0.05, 0.1) is 27.7 Å². The fraction of sp³-hybridized carbons (Fsp3) is 0.103. The molecule has 5 rings (SSSR count). The van der Waals surface area contributed by atoms with Crippen LogP contribution in [0.4, 0.5) is 11.6 Å². The third-order valence-electron chi connectivity index (χ3n) is 5.93. The Morgan fingerprint density at radius 1 is 1.00 bits per heavy atom. The first-order valence-corrected chi connectivity index (χ1v) is 12.3. The maximum atomic E-state index is 13.7. The van der Waals surface area contributed by atoms with Crippen molar-refractivity contribution in [1.82, 2.24) is 24.5 Å². The van der Waals surface area contributed by atoms with E-state index >= 15 is 0 Å². The summed E-state index contributed by atoms with van der Waals surface area (Å²) in [6, 6.07) is 18.9. The van der Waals surface area contributed by atoms with E-state index in [1.807, 2.05) is 37.3 Å². The van der Waals surface area contributed by atoms with E-state index in [0.717, 1.165) is 0 Å². The number of rotatable bonds is 5. The van der Waals surface area contributed by atoms with Crippen LogP contribution in [0.3, 0.4) is 0 Å². The molecule has 0 saturated heterocycles. The molecule has 192 valence electrons. The smallest absolute Gasteiger partial charge is 0.267 e. The Kier molecular flexibility index (Phi) is 7.04. The lowest BCUT2D eigenvalue weighted by Gasteiger charge is -2.21. The minimum absolute atomic E-state index is 0.161. The quantitative estimate of drug-likeness (QED) is 0.247. The fourth-order valence-electron chi connectivity index (χ4n) is 4.05. The average Bonchev–Trinajstić information content (AvgIpc) is 2.93. The fourth-order valence-corrected chi connectivity index (χ4v) is 4.30. The number of anilines is 2. The van der Waals surface area contributed by atoms with E-state index < -0.39 is 6.04 Å². The number of carbonyl (C=O) groups excluding carboxylic acids is 1. The van der Waals surface area contributed by atoms with E-state index in [-0.39, 0.29) is 17.2 Å². The highest BCUT2D eigenvalue weighted by Crippen LogP contribution is 2.26. The molecule has 3 N–H and O–H groups in total. The Labute approximate surface area is 228 Å². The van der Waals surface area contributed by atoms with Crippen molar-refractivity contribution in [3.05, 3.63) is 111 Å². The van der Waals surface area contributed by atoms with Crippen LogP contribution < -0.4 is 16.6 Å². The second-order valence-electron chi connectivity index (χ2n) is 8.64. The second kappa shape index (κ2) is 10.7. The normalized spacial score (nSPS) is 11.5. The van der Waals surface area contributed by atoms with Gasteiger partial charge >= 0.3 is 0 Å². The number of nitrogen functional groups attached to an aromatic ring is 1. The number of nitrogens with zero attached hydrogens (tertiary/aromatic N) is 5. The molecule has 39 heavy (non-hydrogen) atoms. The van der Waals surface area contributed by atoms with Gasteiger partial charge in [-0.1, -0.05) is 47.9 Å². The number of nitrogens with two attached hydrogens (primary N) is 1. The highest BCUT2D eigenvalue weighted by molar-refractivity contribution is 6.35. The number of carbonyl (C=O) groups is 1. The van der Waals surface area contributed by atoms with Crippen molar-refractivity contribution in [2.24, 2.45) is 0 Å². The summed E-state index contributed by atoms with van der Waals surface area (Å²) < 4.78 is 1.53. The first-order chi connectivity index (χ1) is 18.8. The van der Waals surface area contributed by atoms with Crippen LogP contribution in [-0.4, -0.2) is 30.3 Å². The van der Waals surface area contributed by atoms with E-state index in [1.54, 1.807) is 36.4 Å². The highest BCUT2D eigenvalue weighted by atomic mass is 35.5. The molecule has 0 fully saturated rings. The molecule has 0 bridgehead atoms. The van der Waals surface area contributed by atoms with Crippen LogP contribution in [0.1, 0.15) is 47.5 Å². The third-order valence-corrected chi connectivity index (χ3v) is 6.24. The zero-order chi connectivity index (χ0) is 27.5. The van der Waals surface area contributed by atoms with Crippen LogP contribution in [0.2, 0.25) is 5.02 Å². The first kappa shape index (κ1) is 25.6. The van der Waals surface area contributed by atoms with E-state index in [9.17, 15) is 9.59 Å². The molecule has 0 aliphatic carbocycles. The van der Waals surface area contributed by atoms with Gasteiger partial charge in [0.25, 0.3) is 5.56 Å². The summed E-state index contributed by atoms with van der Waals surface area (Å²) in [6.45, 7) is 3.29. The lowest BCUT2D eigenvalue weighted by atomic mass is 10.2. The van der Waals surface area contributed by atoms with Crippen molar-refractivity contribution in [3.63, 3.8) is 0 Å². The number of benzene rings is 2. The zero-order valence-electron chi connectivity index (χ0n) is 21.0. The van der Waals surface area contributed by atoms with Gasteiger partial charge in [-0.15, -0.1) is 0 Å². The van der Waals surface area contributed by atoms with Crippen molar-refractivity contribution < 1.29 is 4.79 Å². The summed E-state index contributed by atoms with van der Waals surface area (Å²) >= 11 is 6.40. The predicted octanol–water partition coefficient (Wildman–Crippen LogP) is 4.58. The molecule has 0 amide bonds. The van der Waals surface area contributed by atoms with Gasteiger partial charge in [-0.3, -0.25) is 14.2 Å². The SMILES string of the molecule is CC(=O)c1cccc(C#Cc2c(N)ncnc2NC(C)c2nc3cccc(Cl)c3c(=O)n2-c2ccccc2)n1. The molecule has 0 spiro atoms. The largest absolute Gasteiger partial charge is 0.382 e. The zero-order valence-corrected chi connectivity index (χ0v) is 21.8. The molecule has 3 aromatic heterocycles. The van der Waals surface area contributed by atoms with Gasteiger partial charge in [0.1, 0.15) is 40.7 Å². The number of Topliss-reactive ketones (excluding diaryl/α,β-unsaturated/α-hetero) is 1. The van der Waals surface area contributed by atoms with Crippen LogP contribution in [0.15, 0.2) is 77.9 Å². The lowest BCUT2D eigenvalue weighted by molar-refractivity contribution is 0.101. The maximum absolute atomic E-state index is 13.7. The van der Waals surface area contributed by atoms with Crippen LogP contribution in [0.25, 0.3) is 16.6 Å². The minimum atomic E-state index is -0.518. The molecule has 0 saturated carbocycles. The molecule has 3 heterocycles. The van der Waals surface area contributed by atoms with E-state index in [1.165, 1.54) is 17.8 Å². The third kappa shape index (κ3) is 5.19. The molecule has 0 aliphatic heterocycles. The first-order valence-electron chi connectivity index (χ1n) is 12.0. The summed E-state index contributed by atoms with van der Waals surface area (Å²) in [5, 5.41) is 3.94. The van der Waals surface area contributed by atoms with E-state index in [4.69, 9.17) is 22.3 Å². The van der Waals surface area contributed by atoms with Crippen LogP contribution in [-0.2, 0) is 0 Å². The Bertz CT molecular complexity index is 1840. The summed E-state index contributed by atoms with van der Waals surface area (Å²) in [4.78, 5) is 42.9. The van der Waals surface area contributed by atoms with Gasteiger partial charge < -0.3 is 11.1 Å². The number of nitrogens with one attached hydrogen (secondary N) is 1. The lowest BCUT2D eigenvalue weighted by Crippen LogP contribution is -2.27. The maximum Gasteiger partial charge on any atom is 0.267 e. The van der Waals surface area contributed by atoms with Crippen molar-refractivity contribution in [2.75, 3.05) is 11.1 Å². The Balaban J connectivity index is 1.59. The number of hydrogen-bond acceptors (Lipinski definition) is 8. The molecular formula is C29H22ClN7O2. The van der Waals surface area contributed by atoms with Crippen LogP contribution in [0.5, 0.6) is 0 Å². The molecule has 0 aliphatic rings. The molecule has 9 nitrogen and oxygen atoms in total. The molecule has 1 atom stereocenters. The van der Waals surface area contributed by atoms with Gasteiger partial charge in [0, 0.05) is 6.92 Å². The number of halogens is 1. The van der Waals surface area contributed by atoms with Crippen molar-refractivity contribution >= 4 is 39.9 Å². The number of aromatic nitrogens is 5. The highest BCUT2D eigenvalue weighted by Gasteiger charge is 2.21. The Morgan fingerprint density at radius 3 is 2.54 bits per heavy atom. The minimum Gasteiger partial charge on any atom is -0.382 e. The molecule has 1 unspecified atom stereocenters. The van der Waals surface area contributed by atoms with E-state index in [2.05, 4.69) is 32.1 Å². The summed E-state index contributed by atoms with van der Waals surface area (Å²) in [5.41, 5.74) is 8.04. The monoisotopic (exact) mass is 535 g/mol. The van der Waals surface area contributed by atoms with Crippen LogP contribution in [0, 0.1) is 11.8 Å². The average molecular weight is 536 g/mol. The second-order valence-corrected chi connectivity index (χ2v) is 9.05. The molecule has 10 heteroatoms. The molecular weight excluding hydrogens is 514 g/mol. The number of pyridine rings is 1. The standard InChI is InChI=1S/C29H22ClN7O2/c1-17(28-36-24-13-7-11-22(30)25(24)29(39)37(28)20-9-4-3-5-10-20)34-27-21(26(31)32-16-33-27)15-14-19-8-6-12-23(35-19)18(2)38/h3-13,16-17H,1-2H3,(H3,31,32,33,34). The summed E-state index contributed by atoms with van der Waals surface area (Å²) in [7, 11) is 0. The van der Waals surface area contributed by atoms with Gasteiger partial charge in [-0.25, -0.2) is 19.9 Å². The number of hydrogen-bond donors (Lipinski definition) is 2. The summed E-state index contributed by atoms with van der Waals surface area (Å²) in [6.07, 6.45) is 1.32. The van der Waals surface area contributed by atoms with Crippen molar-refractivity contribution in [1.29, 1.82) is 0 Å². The number of para-hydroxylation sites is 1. The Hall–Kier alpha value is -5.07. The molecule has 0 radical (unpaired) electrons. The van der Waals surface area contributed by atoms with E-state index in [0.29, 0.717) is 50.2 Å².